The molecule has 0 fully saturated rings. The summed E-state index contributed by atoms with van der Waals surface area (Å²) < 4.78 is 1.50. The highest BCUT2D eigenvalue weighted by Gasteiger charge is 2.32. The molecule has 6 heteroatoms. The average molecular weight is 306 g/mol. The molecular weight excluding hydrogens is 288 g/mol. The van der Waals surface area contributed by atoms with Crippen LogP contribution in [0.15, 0.2) is 27.7 Å². The molecule has 0 radical (unpaired) electrons. The van der Waals surface area contributed by atoms with E-state index in [1.807, 2.05) is 6.92 Å². The van der Waals surface area contributed by atoms with E-state index in [0.29, 0.717) is 22.7 Å². The SMILES string of the molecule is CCCCn1cc2c(cc1=O)C(=O)C(SC)=C(NC)C2=O. The number of Topliss-reactive ketones (excluding diaryl/α,β-unsaturated/α-hetero) is 2. The van der Waals surface area contributed by atoms with Gasteiger partial charge in [-0.2, -0.15) is 0 Å². The first-order valence-corrected chi connectivity index (χ1v) is 8.07. The summed E-state index contributed by atoms with van der Waals surface area (Å²) in [5, 5.41) is 2.80. The van der Waals surface area contributed by atoms with E-state index in [2.05, 4.69) is 5.32 Å². The van der Waals surface area contributed by atoms with Crippen molar-refractivity contribution in [2.75, 3.05) is 13.3 Å². The van der Waals surface area contributed by atoms with E-state index >= 15 is 0 Å². The van der Waals surface area contributed by atoms with Crippen molar-refractivity contribution in [3.05, 3.63) is 44.3 Å². The van der Waals surface area contributed by atoms with Crippen molar-refractivity contribution in [1.29, 1.82) is 0 Å². The number of unbranched alkanes of at least 4 members (excludes halogenated alkanes) is 1. The number of likely N-dealkylation sites (N-methyl/N-ethyl adjacent to an activating group) is 1. The third-order valence-electron chi connectivity index (χ3n) is 3.48. The van der Waals surface area contributed by atoms with Gasteiger partial charge in [-0.05, 0) is 12.7 Å². The van der Waals surface area contributed by atoms with Crippen molar-refractivity contribution in [1.82, 2.24) is 9.88 Å². The Morgan fingerprint density at radius 1 is 1.19 bits per heavy atom. The summed E-state index contributed by atoms with van der Waals surface area (Å²) in [4.78, 5) is 37.3. The van der Waals surface area contributed by atoms with E-state index in [0.717, 1.165) is 12.8 Å². The number of nitrogens with one attached hydrogen (secondary N) is 1. The molecule has 0 spiro atoms. The van der Waals surface area contributed by atoms with Gasteiger partial charge in [-0.25, -0.2) is 0 Å². The maximum atomic E-state index is 12.5. The molecule has 2 rings (SSSR count). The Morgan fingerprint density at radius 3 is 2.48 bits per heavy atom. The number of thioether (sulfide) groups is 1. The maximum absolute atomic E-state index is 12.5. The summed E-state index contributed by atoms with van der Waals surface area (Å²) in [6.45, 7) is 2.59. The van der Waals surface area contributed by atoms with Crippen molar-refractivity contribution in [2.45, 2.75) is 26.3 Å². The van der Waals surface area contributed by atoms with Crippen LogP contribution in [0, 0.1) is 0 Å². The second-order valence-electron chi connectivity index (χ2n) is 4.80. The Kier molecular flexibility index (Phi) is 4.67. The molecule has 1 aromatic rings. The molecule has 0 saturated carbocycles. The molecule has 0 aliphatic heterocycles. The molecule has 1 aromatic heterocycles. The molecular formula is C15H18N2O3S. The van der Waals surface area contributed by atoms with Crippen molar-refractivity contribution < 1.29 is 9.59 Å². The number of hydrogen-bond donors (Lipinski definition) is 1. The number of carbonyl (C=O) groups is 2. The van der Waals surface area contributed by atoms with Gasteiger partial charge in [-0.15, -0.1) is 11.8 Å². The fraction of sp³-hybridized carbons (Fsp3) is 0.400. The number of nitrogens with zero attached hydrogens (tertiary/aromatic N) is 1. The molecule has 5 nitrogen and oxygen atoms in total. The number of aryl methyl sites for hydroxylation is 1. The van der Waals surface area contributed by atoms with Crippen LogP contribution in [0.5, 0.6) is 0 Å². The van der Waals surface area contributed by atoms with Gasteiger partial charge in [-0.1, -0.05) is 13.3 Å². The second kappa shape index (κ2) is 6.30. The predicted molar refractivity (Wildman–Crippen MR) is 83.9 cm³/mol. The van der Waals surface area contributed by atoms with Crippen LogP contribution < -0.4 is 10.9 Å². The minimum absolute atomic E-state index is 0.209. The van der Waals surface area contributed by atoms with Crippen molar-refractivity contribution >= 4 is 23.3 Å². The van der Waals surface area contributed by atoms with Gasteiger partial charge in [0.25, 0.3) is 5.56 Å². The highest BCUT2D eigenvalue weighted by Crippen LogP contribution is 2.29. The number of fused-ring (bicyclic) bond motifs is 1. The Hall–Kier alpha value is -1.82. The third kappa shape index (κ3) is 2.68. The Balaban J connectivity index is 2.58. The highest BCUT2D eigenvalue weighted by atomic mass is 32.2. The largest absolute Gasteiger partial charge is 0.384 e. The zero-order valence-electron chi connectivity index (χ0n) is 12.4. The minimum atomic E-state index is -0.263. The summed E-state index contributed by atoms with van der Waals surface area (Å²) in [7, 11) is 1.62. The molecule has 0 saturated heterocycles. The van der Waals surface area contributed by atoms with Gasteiger partial charge >= 0.3 is 0 Å². The molecule has 0 bridgehead atoms. The quantitative estimate of drug-likeness (QED) is 0.899. The van der Waals surface area contributed by atoms with Crippen molar-refractivity contribution in [2.24, 2.45) is 0 Å². The lowest BCUT2D eigenvalue weighted by molar-refractivity contribution is 0.0975. The van der Waals surface area contributed by atoms with E-state index in [-0.39, 0.29) is 22.7 Å². The lowest BCUT2D eigenvalue weighted by atomic mass is 9.94. The third-order valence-corrected chi connectivity index (χ3v) is 4.28. The van der Waals surface area contributed by atoms with Crippen LogP contribution >= 0.6 is 11.8 Å². The Morgan fingerprint density at radius 2 is 1.90 bits per heavy atom. The van der Waals surface area contributed by atoms with E-state index < -0.39 is 0 Å². The summed E-state index contributed by atoms with van der Waals surface area (Å²) >= 11 is 1.22. The average Bonchev–Trinajstić information content (AvgIpc) is 2.48. The van der Waals surface area contributed by atoms with Gasteiger partial charge in [0.1, 0.15) is 5.70 Å². The number of allylic oxidation sites excluding steroid dienone is 2. The summed E-state index contributed by atoms with van der Waals surface area (Å²) in [6.07, 6.45) is 5.06. The van der Waals surface area contributed by atoms with Crippen LogP contribution in [-0.4, -0.2) is 29.4 Å². The lowest BCUT2D eigenvalue weighted by Crippen LogP contribution is -2.31. The van der Waals surface area contributed by atoms with Crippen LogP contribution in [0.1, 0.15) is 40.5 Å². The van der Waals surface area contributed by atoms with E-state index in [1.54, 1.807) is 13.3 Å². The maximum Gasteiger partial charge on any atom is 0.251 e. The molecule has 0 amide bonds. The van der Waals surface area contributed by atoms with Crippen LogP contribution in [0.25, 0.3) is 0 Å². The predicted octanol–water partition coefficient (Wildman–Crippen LogP) is 1.82. The topological polar surface area (TPSA) is 68.2 Å². The fourth-order valence-corrected chi connectivity index (χ4v) is 3.03. The Labute approximate surface area is 127 Å². The lowest BCUT2D eigenvalue weighted by Gasteiger charge is -2.20. The zero-order chi connectivity index (χ0) is 15.6. The van der Waals surface area contributed by atoms with Gasteiger partial charge in [0.05, 0.1) is 10.5 Å². The highest BCUT2D eigenvalue weighted by molar-refractivity contribution is 8.03. The van der Waals surface area contributed by atoms with Crippen LogP contribution in [0.2, 0.25) is 0 Å². The number of ketones is 2. The van der Waals surface area contributed by atoms with Gasteiger partial charge in [0, 0.05) is 31.4 Å². The first kappa shape index (κ1) is 15.6. The van der Waals surface area contributed by atoms with Gasteiger partial charge < -0.3 is 9.88 Å². The van der Waals surface area contributed by atoms with Crippen LogP contribution in [0.4, 0.5) is 0 Å². The smallest absolute Gasteiger partial charge is 0.251 e. The molecule has 1 N–H and O–H groups in total. The molecule has 0 unspecified atom stereocenters. The van der Waals surface area contributed by atoms with E-state index in [1.165, 1.54) is 28.6 Å². The number of aromatic nitrogens is 1. The van der Waals surface area contributed by atoms with Crippen LogP contribution in [-0.2, 0) is 6.54 Å². The summed E-state index contributed by atoms with van der Waals surface area (Å²) in [5.74, 6) is -0.497. The van der Waals surface area contributed by atoms with Gasteiger partial charge in [-0.3, -0.25) is 14.4 Å². The molecule has 0 aromatic carbocycles. The van der Waals surface area contributed by atoms with E-state index in [4.69, 9.17) is 0 Å². The molecule has 112 valence electrons. The number of rotatable bonds is 5. The Bertz CT molecular complexity index is 689. The normalized spacial score (nSPS) is 14.4. The molecule has 0 atom stereocenters. The minimum Gasteiger partial charge on any atom is -0.384 e. The number of hydrogen-bond acceptors (Lipinski definition) is 5. The first-order valence-electron chi connectivity index (χ1n) is 6.85. The molecule has 1 aliphatic carbocycles. The molecule has 1 heterocycles. The standard InChI is InChI=1S/C15H18N2O3S/c1-4-5-6-17-8-10-9(7-11(17)18)14(20)15(21-3)12(16-2)13(10)19/h7-8,16H,4-6H2,1-3H3. The summed E-state index contributed by atoms with van der Waals surface area (Å²) in [6, 6.07) is 1.29. The first-order chi connectivity index (χ1) is 10.0. The molecule has 1 aliphatic rings. The summed E-state index contributed by atoms with van der Waals surface area (Å²) in [5.41, 5.74) is 0.580. The van der Waals surface area contributed by atoms with E-state index in [9.17, 15) is 14.4 Å². The van der Waals surface area contributed by atoms with Crippen molar-refractivity contribution in [3.63, 3.8) is 0 Å². The van der Waals surface area contributed by atoms with Crippen LogP contribution in [0.3, 0.4) is 0 Å². The van der Waals surface area contributed by atoms with Gasteiger partial charge in [0.2, 0.25) is 11.6 Å². The second-order valence-corrected chi connectivity index (χ2v) is 5.62. The van der Waals surface area contributed by atoms with Gasteiger partial charge in [0.15, 0.2) is 0 Å². The zero-order valence-corrected chi connectivity index (χ0v) is 13.2. The molecule has 21 heavy (non-hydrogen) atoms. The fourth-order valence-electron chi connectivity index (χ4n) is 2.34. The number of carbonyl (C=O) groups excluding carboxylic acids is 2. The number of pyridine rings is 1. The monoisotopic (exact) mass is 306 g/mol. The van der Waals surface area contributed by atoms with Crippen molar-refractivity contribution in [3.8, 4) is 0 Å².